The molecule has 3 rings (SSSR count). The van der Waals surface area contributed by atoms with E-state index in [0.717, 1.165) is 22.7 Å². The van der Waals surface area contributed by atoms with Gasteiger partial charge in [-0.3, -0.25) is 4.40 Å². The summed E-state index contributed by atoms with van der Waals surface area (Å²) in [5, 5.41) is 0.171. The molecule has 0 radical (unpaired) electrons. The molecule has 0 saturated heterocycles. The van der Waals surface area contributed by atoms with Gasteiger partial charge in [-0.05, 0) is 18.8 Å². The van der Waals surface area contributed by atoms with Crippen molar-refractivity contribution in [2.24, 2.45) is 0 Å². The van der Waals surface area contributed by atoms with Gasteiger partial charge in [0.15, 0.2) is 9.99 Å². The molecule has 0 atom stereocenters. The van der Waals surface area contributed by atoms with Crippen LogP contribution in [0.15, 0.2) is 11.2 Å². The largest absolute Gasteiger partial charge is 0.279 e. The number of hydrogen-bond donors (Lipinski definition) is 0. The van der Waals surface area contributed by atoms with Gasteiger partial charge in [0.25, 0.3) is 9.05 Å². The van der Waals surface area contributed by atoms with Crippen LogP contribution in [0, 0.1) is 0 Å². The average molecular weight is 305 g/mol. The molecule has 7 heteroatoms. The fourth-order valence-electron chi connectivity index (χ4n) is 1.99. The Bertz CT molecular complexity index is 711. The summed E-state index contributed by atoms with van der Waals surface area (Å²) in [7, 11) is 1.81. The van der Waals surface area contributed by atoms with Gasteiger partial charge >= 0.3 is 0 Å². The summed E-state index contributed by atoms with van der Waals surface area (Å²) in [6.07, 6.45) is 3.85. The Kier molecular flexibility index (Phi) is 2.73. The molecule has 2 aromatic heterocycles. The van der Waals surface area contributed by atoms with Gasteiger partial charge in [0, 0.05) is 27.7 Å². The Hall–Kier alpha value is -0.590. The van der Waals surface area contributed by atoms with Crippen molar-refractivity contribution in [2.45, 2.75) is 43.6 Å². The normalized spacial score (nSPS) is 16.9. The number of imidazole rings is 1. The van der Waals surface area contributed by atoms with Crippen LogP contribution >= 0.6 is 22.0 Å². The van der Waals surface area contributed by atoms with Crippen LogP contribution in [0.5, 0.6) is 0 Å². The van der Waals surface area contributed by atoms with Crippen molar-refractivity contribution >= 4 is 36.0 Å². The third-order valence-electron chi connectivity index (χ3n) is 3.09. The van der Waals surface area contributed by atoms with Crippen molar-refractivity contribution < 1.29 is 8.42 Å². The lowest BCUT2D eigenvalue weighted by molar-refractivity contribution is 0.603. The SMILES string of the molecule is CC(C)c1cn2c(S(=O)(=O)Cl)c(C3CC3)nc2s1. The molecule has 0 aliphatic heterocycles. The smallest absolute Gasteiger partial charge is 0.279 e. The predicted molar refractivity (Wildman–Crippen MR) is 72.2 cm³/mol. The Morgan fingerprint density at radius 1 is 1.50 bits per heavy atom. The van der Waals surface area contributed by atoms with Crippen LogP contribution in [-0.2, 0) is 9.05 Å². The first-order chi connectivity index (χ1) is 8.38. The van der Waals surface area contributed by atoms with Crippen molar-refractivity contribution in [3.63, 3.8) is 0 Å². The number of rotatable bonds is 3. The van der Waals surface area contributed by atoms with Gasteiger partial charge in [0.05, 0.1) is 5.69 Å². The Balaban J connectivity index is 2.28. The summed E-state index contributed by atoms with van der Waals surface area (Å²) in [6.45, 7) is 4.14. The maximum Gasteiger partial charge on any atom is 0.279 e. The minimum atomic E-state index is -3.75. The first-order valence-corrected chi connectivity index (χ1v) is 8.97. The zero-order valence-electron chi connectivity index (χ0n) is 10.1. The molecule has 0 amide bonds. The minimum absolute atomic E-state index is 0.171. The molecule has 2 heterocycles. The van der Waals surface area contributed by atoms with Crippen molar-refractivity contribution in [2.75, 3.05) is 0 Å². The fraction of sp³-hybridized carbons (Fsp3) is 0.545. The van der Waals surface area contributed by atoms with Crippen LogP contribution in [0.2, 0.25) is 0 Å². The van der Waals surface area contributed by atoms with E-state index in [9.17, 15) is 8.42 Å². The third-order valence-corrected chi connectivity index (χ3v) is 5.68. The summed E-state index contributed by atoms with van der Waals surface area (Å²) in [5.74, 6) is 0.620. The van der Waals surface area contributed by atoms with Crippen LogP contribution in [0.25, 0.3) is 4.96 Å². The molecule has 0 bridgehead atoms. The van der Waals surface area contributed by atoms with Crippen molar-refractivity contribution in [1.82, 2.24) is 9.38 Å². The van der Waals surface area contributed by atoms with Gasteiger partial charge in [-0.1, -0.05) is 13.8 Å². The predicted octanol–water partition coefficient (Wildman–Crippen LogP) is 3.32. The molecule has 0 aromatic carbocycles. The number of nitrogens with zero attached hydrogens (tertiary/aromatic N) is 2. The van der Waals surface area contributed by atoms with Crippen molar-refractivity contribution in [1.29, 1.82) is 0 Å². The van der Waals surface area contributed by atoms with Crippen LogP contribution in [0.3, 0.4) is 0 Å². The first-order valence-electron chi connectivity index (χ1n) is 5.84. The summed E-state index contributed by atoms with van der Waals surface area (Å²) < 4.78 is 25.1. The molecular weight excluding hydrogens is 292 g/mol. The van der Waals surface area contributed by atoms with Gasteiger partial charge in [-0.15, -0.1) is 11.3 Å². The van der Waals surface area contributed by atoms with Crippen molar-refractivity contribution in [3.05, 3.63) is 16.8 Å². The van der Waals surface area contributed by atoms with Crippen LogP contribution in [0.1, 0.15) is 49.1 Å². The van der Waals surface area contributed by atoms with E-state index in [-0.39, 0.29) is 10.9 Å². The van der Waals surface area contributed by atoms with Gasteiger partial charge in [0.2, 0.25) is 0 Å². The van der Waals surface area contributed by atoms with E-state index in [0.29, 0.717) is 11.6 Å². The molecule has 1 aliphatic carbocycles. The average Bonchev–Trinajstić information content (AvgIpc) is 2.87. The maximum absolute atomic E-state index is 11.7. The second-order valence-corrected chi connectivity index (χ2v) is 8.48. The molecule has 4 nitrogen and oxygen atoms in total. The first kappa shape index (κ1) is 12.4. The number of hydrogen-bond acceptors (Lipinski definition) is 4. The number of halogens is 1. The van der Waals surface area contributed by atoms with E-state index in [4.69, 9.17) is 10.7 Å². The monoisotopic (exact) mass is 304 g/mol. The molecule has 0 spiro atoms. The lowest BCUT2D eigenvalue weighted by Crippen LogP contribution is -1.99. The highest BCUT2D eigenvalue weighted by molar-refractivity contribution is 8.13. The molecule has 0 N–H and O–H groups in total. The van der Waals surface area contributed by atoms with Crippen LogP contribution in [0.4, 0.5) is 0 Å². The number of fused-ring (bicyclic) bond motifs is 1. The minimum Gasteiger partial charge on any atom is -0.279 e. The fourth-order valence-corrected chi connectivity index (χ4v) is 4.34. The molecule has 1 saturated carbocycles. The van der Waals surface area contributed by atoms with E-state index in [1.165, 1.54) is 11.3 Å². The Labute approximate surface area is 114 Å². The summed E-state index contributed by atoms with van der Waals surface area (Å²) in [6, 6.07) is 0. The molecule has 98 valence electrons. The van der Waals surface area contributed by atoms with Gasteiger partial charge in [-0.25, -0.2) is 13.4 Å². The van der Waals surface area contributed by atoms with E-state index >= 15 is 0 Å². The zero-order chi connectivity index (χ0) is 13.1. The summed E-state index contributed by atoms with van der Waals surface area (Å²) >= 11 is 1.53. The van der Waals surface area contributed by atoms with E-state index in [2.05, 4.69) is 18.8 Å². The standard InChI is InChI=1S/C11H13ClN2O2S2/c1-6(2)8-5-14-10(18(12,15)16)9(7-3-4-7)13-11(14)17-8/h5-7H,3-4H2,1-2H3. The van der Waals surface area contributed by atoms with E-state index in [1.54, 1.807) is 4.40 Å². The van der Waals surface area contributed by atoms with E-state index in [1.807, 2.05) is 6.20 Å². The summed E-state index contributed by atoms with van der Waals surface area (Å²) in [4.78, 5) is 6.30. The van der Waals surface area contributed by atoms with E-state index < -0.39 is 9.05 Å². The number of thiazole rings is 1. The summed E-state index contributed by atoms with van der Waals surface area (Å²) in [5.41, 5.74) is 0.645. The Morgan fingerprint density at radius 2 is 2.17 bits per heavy atom. The second kappa shape index (κ2) is 3.95. The third kappa shape index (κ3) is 1.96. The second-order valence-electron chi connectivity index (χ2n) is 4.96. The lowest BCUT2D eigenvalue weighted by Gasteiger charge is -2.00. The number of aromatic nitrogens is 2. The molecular formula is C11H13ClN2O2S2. The van der Waals surface area contributed by atoms with Crippen LogP contribution < -0.4 is 0 Å². The molecule has 0 unspecified atom stereocenters. The highest BCUT2D eigenvalue weighted by atomic mass is 35.7. The molecule has 2 aromatic rings. The lowest BCUT2D eigenvalue weighted by atomic mass is 10.2. The zero-order valence-corrected chi connectivity index (χ0v) is 12.4. The van der Waals surface area contributed by atoms with Crippen LogP contribution in [-0.4, -0.2) is 17.8 Å². The Morgan fingerprint density at radius 3 is 2.67 bits per heavy atom. The molecule has 18 heavy (non-hydrogen) atoms. The highest BCUT2D eigenvalue weighted by Gasteiger charge is 2.35. The maximum atomic E-state index is 11.7. The van der Waals surface area contributed by atoms with Gasteiger partial charge < -0.3 is 0 Å². The highest BCUT2D eigenvalue weighted by Crippen LogP contribution is 2.44. The molecule has 1 fully saturated rings. The molecule has 1 aliphatic rings. The van der Waals surface area contributed by atoms with Gasteiger partial charge in [0.1, 0.15) is 0 Å². The topological polar surface area (TPSA) is 51.4 Å². The van der Waals surface area contributed by atoms with Crippen molar-refractivity contribution in [3.8, 4) is 0 Å². The quantitative estimate of drug-likeness (QED) is 0.817. The van der Waals surface area contributed by atoms with Gasteiger partial charge in [-0.2, -0.15) is 0 Å².